The summed E-state index contributed by atoms with van der Waals surface area (Å²) in [5.74, 6) is 2.10. The van der Waals surface area contributed by atoms with Crippen molar-refractivity contribution in [1.82, 2.24) is 15.5 Å². The fourth-order valence-corrected chi connectivity index (χ4v) is 3.45. The summed E-state index contributed by atoms with van der Waals surface area (Å²) in [4.78, 5) is 11.9. The maximum Gasteiger partial charge on any atom is 0.223 e. The van der Waals surface area contributed by atoms with Gasteiger partial charge in [0.05, 0.1) is 6.20 Å². The fourth-order valence-electron chi connectivity index (χ4n) is 3.45. The minimum absolute atomic E-state index is 0.300. The molecule has 2 aliphatic rings. The molecule has 18 heavy (non-hydrogen) atoms. The van der Waals surface area contributed by atoms with E-state index in [0.717, 1.165) is 36.9 Å². The number of aromatic amines is 1. The zero-order valence-corrected chi connectivity index (χ0v) is 10.9. The first-order valence-electron chi connectivity index (χ1n) is 7.04. The van der Waals surface area contributed by atoms with Gasteiger partial charge < -0.3 is 5.32 Å². The smallest absolute Gasteiger partial charge is 0.223 e. The Bertz CT molecular complexity index is 430. The molecule has 2 aliphatic carbocycles. The third-order valence-corrected chi connectivity index (χ3v) is 4.57. The van der Waals surface area contributed by atoms with E-state index in [1.807, 2.05) is 13.1 Å². The van der Waals surface area contributed by atoms with Crippen LogP contribution in [0.1, 0.15) is 36.9 Å². The van der Waals surface area contributed by atoms with E-state index in [1.54, 1.807) is 0 Å². The van der Waals surface area contributed by atoms with Crippen molar-refractivity contribution in [3.63, 3.8) is 0 Å². The van der Waals surface area contributed by atoms with Gasteiger partial charge in [-0.1, -0.05) is 6.42 Å². The molecule has 4 nitrogen and oxygen atoms in total. The summed E-state index contributed by atoms with van der Waals surface area (Å²) in [6.07, 6.45) is 7.74. The molecule has 0 radical (unpaired) electrons. The molecule has 2 fully saturated rings. The SMILES string of the molecule is Cc1[nH]ncc1CCCNC(=O)C1C2CCCC21. The van der Waals surface area contributed by atoms with Crippen molar-refractivity contribution in [1.29, 1.82) is 0 Å². The van der Waals surface area contributed by atoms with Gasteiger partial charge in [0, 0.05) is 18.2 Å². The number of hydrogen-bond donors (Lipinski definition) is 2. The molecule has 98 valence electrons. The van der Waals surface area contributed by atoms with Crippen LogP contribution in [0.3, 0.4) is 0 Å². The number of rotatable bonds is 5. The Kier molecular flexibility index (Phi) is 3.10. The number of H-pyrrole nitrogens is 1. The lowest BCUT2D eigenvalue weighted by Crippen LogP contribution is -2.27. The van der Waals surface area contributed by atoms with Crippen LogP contribution in [0.4, 0.5) is 0 Å². The minimum atomic E-state index is 0.300. The standard InChI is InChI=1S/C14H21N3O/c1-9-10(8-16-17-9)4-3-7-15-14(18)13-11-5-2-6-12(11)13/h8,11-13H,2-7H2,1H3,(H,15,18)(H,16,17). The summed E-state index contributed by atoms with van der Waals surface area (Å²) in [6, 6.07) is 0. The van der Waals surface area contributed by atoms with Gasteiger partial charge in [0.25, 0.3) is 0 Å². The Hall–Kier alpha value is -1.32. The quantitative estimate of drug-likeness (QED) is 0.780. The lowest BCUT2D eigenvalue weighted by Gasteiger charge is -2.06. The van der Waals surface area contributed by atoms with Gasteiger partial charge in [0.15, 0.2) is 0 Å². The predicted molar refractivity (Wildman–Crippen MR) is 69.0 cm³/mol. The molecule has 3 rings (SSSR count). The summed E-state index contributed by atoms with van der Waals surface area (Å²) in [7, 11) is 0. The van der Waals surface area contributed by atoms with E-state index in [2.05, 4.69) is 15.5 Å². The van der Waals surface area contributed by atoms with Gasteiger partial charge in [-0.2, -0.15) is 5.10 Å². The first-order valence-corrected chi connectivity index (χ1v) is 7.04. The average molecular weight is 247 g/mol. The Balaban J connectivity index is 1.35. The molecule has 0 aliphatic heterocycles. The summed E-state index contributed by atoms with van der Waals surface area (Å²) in [5.41, 5.74) is 2.39. The third-order valence-electron chi connectivity index (χ3n) is 4.57. The largest absolute Gasteiger partial charge is 0.356 e. The monoisotopic (exact) mass is 247 g/mol. The molecule has 1 heterocycles. The van der Waals surface area contributed by atoms with Crippen LogP contribution in [-0.2, 0) is 11.2 Å². The molecular weight excluding hydrogens is 226 g/mol. The second kappa shape index (κ2) is 4.75. The van der Waals surface area contributed by atoms with E-state index < -0.39 is 0 Å². The van der Waals surface area contributed by atoms with Gasteiger partial charge >= 0.3 is 0 Å². The second-order valence-electron chi connectivity index (χ2n) is 5.70. The topological polar surface area (TPSA) is 57.8 Å². The number of carbonyl (C=O) groups excluding carboxylic acids is 1. The van der Waals surface area contributed by atoms with E-state index in [9.17, 15) is 4.79 Å². The number of hydrogen-bond acceptors (Lipinski definition) is 2. The van der Waals surface area contributed by atoms with Crippen molar-refractivity contribution in [2.75, 3.05) is 6.54 Å². The molecule has 1 aromatic rings. The highest BCUT2D eigenvalue weighted by Gasteiger charge is 2.56. The van der Waals surface area contributed by atoms with E-state index in [4.69, 9.17) is 0 Å². The van der Waals surface area contributed by atoms with E-state index >= 15 is 0 Å². The number of carbonyl (C=O) groups is 1. The normalized spacial score (nSPS) is 29.1. The van der Waals surface area contributed by atoms with Gasteiger partial charge in [-0.3, -0.25) is 9.89 Å². The summed E-state index contributed by atoms with van der Waals surface area (Å²) < 4.78 is 0. The second-order valence-corrected chi connectivity index (χ2v) is 5.70. The van der Waals surface area contributed by atoms with Gasteiger partial charge in [0.1, 0.15) is 0 Å². The average Bonchev–Trinajstić information content (AvgIpc) is 2.73. The number of nitrogens with zero attached hydrogens (tertiary/aromatic N) is 1. The van der Waals surface area contributed by atoms with Crippen LogP contribution in [0.2, 0.25) is 0 Å². The lowest BCUT2D eigenvalue weighted by molar-refractivity contribution is -0.123. The molecular formula is C14H21N3O. The van der Waals surface area contributed by atoms with Crippen LogP contribution in [-0.4, -0.2) is 22.6 Å². The number of nitrogens with one attached hydrogen (secondary N) is 2. The fraction of sp³-hybridized carbons (Fsp3) is 0.714. The van der Waals surface area contributed by atoms with Gasteiger partial charge in [0.2, 0.25) is 5.91 Å². The van der Waals surface area contributed by atoms with Crippen molar-refractivity contribution in [2.45, 2.75) is 39.0 Å². The van der Waals surface area contributed by atoms with Gasteiger partial charge in [-0.05, 0) is 50.0 Å². The maximum absolute atomic E-state index is 11.9. The molecule has 2 atom stereocenters. The van der Waals surface area contributed by atoms with Crippen LogP contribution < -0.4 is 5.32 Å². The molecule has 0 saturated heterocycles. The molecule has 2 saturated carbocycles. The zero-order chi connectivity index (χ0) is 12.5. The van der Waals surface area contributed by atoms with Crippen LogP contribution in [0.25, 0.3) is 0 Å². The number of aryl methyl sites for hydroxylation is 2. The number of aromatic nitrogens is 2. The summed E-state index contributed by atoms with van der Waals surface area (Å²) in [5, 5.41) is 10.0. The predicted octanol–water partition coefficient (Wildman–Crippen LogP) is 1.81. The Labute approximate surface area is 108 Å². The zero-order valence-electron chi connectivity index (χ0n) is 10.9. The van der Waals surface area contributed by atoms with E-state index in [1.165, 1.54) is 24.8 Å². The Morgan fingerprint density at radius 2 is 2.28 bits per heavy atom. The van der Waals surface area contributed by atoms with Crippen LogP contribution >= 0.6 is 0 Å². The van der Waals surface area contributed by atoms with Crippen molar-refractivity contribution < 1.29 is 4.79 Å². The Morgan fingerprint density at radius 3 is 2.94 bits per heavy atom. The molecule has 4 heteroatoms. The Morgan fingerprint density at radius 1 is 1.50 bits per heavy atom. The van der Waals surface area contributed by atoms with Crippen molar-refractivity contribution in [3.05, 3.63) is 17.5 Å². The molecule has 2 unspecified atom stereocenters. The molecule has 0 bridgehead atoms. The van der Waals surface area contributed by atoms with Gasteiger partial charge in [-0.15, -0.1) is 0 Å². The third kappa shape index (κ3) is 2.16. The first kappa shape index (κ1) is 11.8. The highest BCUT2D eigenvalue weighted by Crippen LogP contribution is 2.57. The first-order chi connectivity index (χ1) is 8.77. The number of amides is 1. The van der Waals surface area contributed by atoms with E-state index in [0.29, 0.717) is 11.8 Å². The minimum Gasteiger partial charge on any atom is -0.356 e. The van der Waals surface area contributed by atoms with Crippen LogP contribution in [0.5, 0.6) is 0 Å². The van der Waals surface area contributed by atoms with Crippen LogP contribution in [0, 0.1) is 24.7 Å². The highest BCUT2D eigenvalue weighted by molar-refractivity contribution is 5.82. The molecule has 1 aromatic heterocycles. The molecule has 0 spiro atoms. The van der Waals surface area contributed by atoms with Gasteiger partial charge in [-0.25, -0.2) is 0 Å². The maximum atomic E-state index is 11.9. The number of fused-ring (bicyclic) bond motifs is 1. The van der Waals surface area contributed by atoms with Crippen LogP contribution in [0.15, 0.2) is 6.20 Å². The summed E-state index contributed by atoms with van der Waals surface area (Å²) >= 11 is 0. The lowest BCUT2D eigenvalue weighted by atomic mass is 10.1. The molecule has 0 aromatic carbocycles. The van der Waals surface area contributed by atoms with Crippen molar-refractivity contribution >= 4 is 5.91 Å². The van der Waals surface area contributed by atoms with Crippen molar-refractivity contribution in [2.24, 2.45) is 17.8 Å². The highest BCUT2D eigenvalue weighted by atomic mass is 16.2. The summed E-state index contributed by atoms with van der Waals surface area (Å²) in [6.45, 7) is 2.83. The van der Waals surface area contributed by atoms with E-state index in [-0.39, 0.29) is 0 Å². The van der Waals surface area contributed by atoms with Crippen molar-refractivity contribution in [3.8, 4) is 0 Å². The molecule has 2 N–H and O–H groups in total. The molecule has 1 amide bonds.